The fourth-order valence-electron chi connectivity index (χ4n) is 4.00. The fourth-order valence-corrected chi connectivity index (χ4v) is 4.26. The molecule has 1 aromatic carbocycles. The van der Waals surface area contributed by atoms with Crippen LogP contribution in [0.5, 0.6) is 0 Å². The zero-order valence-electron chi connectivity index (χ0n) is 15.7. The van der Waals surface area contributed by atoms with Crippen molar-refractivity contribution in [2.75, 3.05) is 13.1 Å². The van der Waals surface area contributed by atoms with Gasteiger partial charge in [-0.1, -0.05) is 24.3 Å². The van der Waals surface area contributed by atoms with Crippen LogP contribution in [0.1, 0.15) is 35.1 Å². The number of H-pyrrole nitrogens is 1. The number of pyridine rings is 1. The Morgan fingerprint density at radius 1 is 1.03 bits per heavy atom. The lowest BCUT2D eigenvalue weighted by Gasteiger charge is -2.31. The predicted molar refractivity (Wildman–Crippen MR) is 112 cm³/mol. The van der Waals surface area contributed by atoms with Crippen LogP contribution in [0.3, 0.4) is 0 Å². The summed E-state index contributed by atoms with van der Waals surface area (Å²) in [5.41, 5.74) is 2.30. The molecule has 1 aliphatic rings. The van der Waals surface area contributed by atoms with Gasteiger partial charge in [-0.25, -0.2) is 0 Å². The van der Waals surface area contributed by atoms with Gasteiger partial charge in [0.1, 0.15) is 11.5 Å². The van der Waals surface area contributed by atoms with E-state index < -0.39 is 0 Å². The molecule has 1 saturated heterocycles. The minimum Gasteiger partial charge on any atom is -0.337 e. The molecule has 0 spiro atoms. The molecular formula is C21H20N6OS. The second kappa shape index (κ2) is 7.29. The largest absolute Gasteiger partial charge is 0.337 e. The van der Waals surface area contributed by atoms with Crippen molar-refractivity contribution in [3.05, 3.63) is 77.2 Å². The molecule has 1 fully saturated rings. The van der Waals surface area contributed by atoms with Crippen molar-refractivity contribution in [1.29, 1.82) is 0 Å². The number of fused-ring (bicyclic) bond motifs is 1. The summed E-state index contributed by atoms with van der Waals surface area (Å²) in [6.07, 6.45) is 5.42. The van der Waals surface area contributed by atoms with Crippen molar-refractivity contribution in [3.8, 4) is 5.69 Å². The Morgan fingerprint density at radius 3 is 2.59 bits per heavy atom. The molecule has 0 atom stereocenters. The first-order valence-corrected chi connectivity index (χ1v) is 10.1. The number of aromatic nitrogens is 5. The third kappa shape index (κ3) is 3.15. The molecule has 7 nitrogen and oxygen atoms in total. The van der Waals surface area contributed by atoms with Gasteiger partial charge in [-0.3, -0.25) is 13.8 Å². The van der Waals surface area contributed by atoms with Crippen LogP contribution >= 0.6 is 12.2 Å². The van der Waals surface area contributed by atoms with Gasteiger partial charge in [0.05, 0.1) is 0 Å². The summed E-state index contributed by atoms with van der Waals surface area (Å²) in [7, 11) is 0. The van der Waals surface area contributed by atoms with E-state index in [2.05, 4.69) is 15.2 Å². The monoisotopic (exact) mass is 404 g/mol. The molecule has 0 aliphatic carbocycles. The Morgan fingerprint density at radius 2 is 1.79 bits per heavy atom. The molecule has 0 unspecified atom stereocenters. The highest BCUT2D eigenvalue weighted by Gasteiger charge is 2.29. The number of carbonyl (C=O) groups is 1. The van der Waals surface area contributed by atoms with E-state index in [1.807, 2.05) is 64.0 Å². The zero-order valence-corrected chi connectivity index (χ0v) is 16.5. The summed E-state index contributed by atoms with van der Waals surface area (Å²) in [6, 6.07) is 15.6. The Balaban J connectivity index is 1.36. The summed E-state index contributed by atoms with van der Waals surface area (Å²) >= 11 is 5.41. The van der Waals surface area contributed by atoms with Gasteiger partial charge in [0.25, 0.3) is 5.91 Å². The first-order valence-electron chi connectivity index (χ1n) is 9.67. The van der Waals surface area contributed by atoms with Gasteiger partial charge in [-0.15, -0.1) is 10.2 Å². The van der Waals surface area contributed by atoms with Crippen LogP contribution in [0.4, 0.5) is 0 Å². The Labute approximate surface area is 172 Å². The van der Waals surface area contributed by atoms with Crippen molar-refractivity contribution < 1.29 is 4.79 Å². The number of nitrogens with zero attached hydrogens (tertiary/aromatic N) is 5. The number of piperidine rings is 1. The lowest BCUT2D eigenvalue weighted by Crippen LogP contribution is -2.39. The van der Waals surface area contributed by atoms with Gasteiger partial charge in [-0.05, 0) is 49.3 Å². The maximum absolute atomic E-state index is 13.2. The molecule has 1 aliphatic heterocycles. The van der Waals surface area contributed by atoms with Crippen molar-refractivity contribution in [3.63, 3.8) is 0 Å². The van der Waals surface area contributed by atoms with Crippen molar-refractivity contribution in [2.45, 2.75) is 18.8 Å². The maximum Gasteiger partial charge on any atom is 0.272 e. The average molecular weight is 404 g/mol. The molecule has 1 amide bonds. The van der Waals surface area contributed by atoms with Gasteiger partial charge in [0, 0.05) is 37.1 Å². The van der Waals surface area contributed by atoms with E-state index in [4.69, 9.17) is 12.2 Å². The number of rotatable bonds is 3. The average Bonchev–Trinajstić information content (AvgIpc) is 3.38. The molecule has 1 N–H and O–H groups in total. The number of hydrogen-bond acceptors (Lipinski definition) is 4. The fraction of sp³-hybridized carbons (Fsp3) is 0.238. The van der Waals surface area contributed by atoms with Crippen LogP contribution in [-0.4, -0.2) is 48.0 Å². The van der Waals surface area contributed by atoms with Gasteiger partial charge in [0.2, 0.25) is 0 Å². The molecule has 0 radical (unpaired) electrons. The molecule has 4 aromatic rings. The number of carbonyl (C=O) groups excluding carboxylic acids is 1. The van der Waals surface area contributed by atoms with E-state index in [-0.39, 0.29) is 5.91 Å². The van der Waals surface area contributed by atoms with E-state index in [9.17, 15) is 4.79 Å². The SMILES string of the molecule is O=C(c1c[nH]c(=S)n1-c1ccccc1)N1CCC(c2nnc3ccccn23)CC1. The smallest absolute Gasteiger partial charge is 0.272 e. The molecule has 29 heavy (non-hydrogen) atoms. The summed E-state index contributed by atoms with van der Waals surface area (Å²) in [6.45, 7) is 1.36. The number of benzene rings is 1. The summed E-state index contributed by atoms with van der Waals surface area (Å²) in [5, 5.41) is 8.65. The zero-order chi connectivity index (χ0) is 19.8. The number of likely N-dealkylation sites (tertiary alicyclic amines) is 1. The highest BCUT2D eigenvalue weighted by atomic mass is 32.1. The number of para-hydroxylation sites is 1. The Bertz CT molecular complexity index is 1220. The molecule has 3 aromatic heterocycles. The standard InChI is InChI=1S/C21H20N6OS/c28-20(17-14-22-21(29)27(17)16-6-2-1-3-7-16)25-12-9-15(10-13-25)19-24-23-18-8-4-5-11-26(18)19/h1-8,11,14-15H,9-10,12-13H2,(H,22,29). The summed E-state index contributed by atoms with van der Waals surface area (Å²) in [4.78, 5) is 18.1. The number of imidazole rings is 1. The van der Waals surface area contributed by atoms with Gasteiger partial charge >= 0.3 is 0 Å². The van der Waals surface area contributed by atoms with Gasteiger partial charge in [-0.2, -0.15) is 0 Å². The van der Waals surface area contributed by atoms with Crippen molar-refractivity contribution >= 4 is 23.8 Å². The quantitative estimate of drug-likeness (QED) is 0.530. The molecular weight excluding hydrogens is 384 g/mol. The maximum atomic E-state index is 13.2. The van der Waals surface area contributed by atoms with Crippen LogP contribution in [-0.2, 0) is 0 Å². The van der Waals surface area contributed by atoms with Crippen LogP contribution < -0.4 is 0 Å². The van der Waals surface area contributed by atoms with E-state index >= 15 is 0 Å². The number of hydrogen-bond donors (Lipinski definition) is 1. The van der Waals surface area contributed by atoms with Gasteiger partial charge in [0.15, 0.2) is 10.4 Å². The predicted octanol–water partition coefficient (Wildman–Crippen LogP) is 3.60. The molecule has 8 heteroatoms. The molecule has 5 rings (SSSR count). The van der Waals surface area contributed by atoms with E-state index in [1.165, 1.54) is 0 Å². The number of aromatic amines is 1. The summed E-state index contributed by atoms with van der Waals surface area (Å²) < 4.78 is 4.36. The summed E-state index contributed by atoms with van der Waals surface area (Å²) in [5.74, 6) is 1.26. The molecule has 0 bridgehead atoms. The Hall–Kier alpha value is -3.26. The third-order valence-corrected chi connectivity index (χ3v) is 5.80. The lowest BCUT2D eigenvalue weighted by atomic mass is 9.96. The minimum atomic E-state index is -0.00856. The van der Waals surface area contributed by atoms with E-state index in [1.54, 1.807) is 10.8 Å². The second-order valence-electron chi connectivity index (χ2n) is 7.20. The van der Waals surface area contributed by atoms with Crippen LogP contribution in [0.15, 0.2) is 60.9 Å². The minimum absolute atomic E-state index is 0.00856. The van der Waals surface area contributed by atoms with E-state index in [0.717, 1.165) is 30.0 Å². The third-order valence-electron chi connectivity index (χ3n) is 5.50. The Kier molecular flexibility index (Phi) is 4.48. The number of nitrogens with one attached hydrogen (secondary N) is 1. The van der Waals surface area contributed by atoms with Crippen LogP contribution in [0.2, 0.25) is 0 Å². The highest BCUT2D eigenvalue weighted by Crippen LogP contribution is 2.28. The number of amides is 1. The van der Waals surface area contributed by atoms with E-state index in [0.29, 0.717) is 29.5 Å². The molecule has 146 valence electrons. The first-order chi connectivity index (χ1) is 14.2. The van der Waals surface area contributed by atoms with Gasteiger partial charge < -0.3 is 9.88 Å². The molecule has 4 heterocycles. The van der Waals surface area contributed by atoms with Crippen molar-refractivity contribution in [1.82, 2.24) is 29.0 Å². The topological polar surface area (TPSA) is 71.2 Å². The normalized spacial score (nSPS) is 15.1. The second-order valence-corrected chi connectivity index (χ2v) is 7.59. The van der Waals surface area contributed by atoms with Crippen LogP contribution in [0, 0.1) is 4.77 Å². The highest BCUT2D eigenvalue weighted by molar-refractivity contribution is 7.71. The van der Waals surface area contributed by atoms with Crippen molar-refractivity contribution in [2.24, 2.45) is 0 Å². The van der Waals surface area contributed by atoms with Crippen LogP contribution in [0.25, 0.3) is 11.3 Å². The first kappa shape index (κ1) is 17.8. The molecule has 0 saturated carbocycles. The lowest BCUT2D eigenvalue weighted by molar-refractivity contribution is 0.0702.